The van der Waals surface area contributed by atoms with Crippen LogP contribution in [0.15, 0.2) is 9.59 Å². The Morgan fingerprint density at radius 3 is 2.59 bits per heavy atom. The van der Waals surface area contributed by atoms with Crippen LogP contribution in [-0.4, -0.2) is 30.6 Å². The van der Waals surface area contributed by atoms with E-state index in [1.807, 2.05) is 25.6 Å². The van der Waals surface area contributed by atoms with E-state index in [1.54, 1.807) is 4.57 Å². The van der Waals surface area contributed by atoms with Crippen molar-refractivity contribution < 1.29 is 0 Å². The Balaban J connectivity index is 2.23. The number of thioether (sulfide) groups is 1. The van der Waals surface area contributed by atoms with Crippen molar-refractivity contribution >= 4 is 22.9 Å². The normalized spacial score (nSPS) is 18.4. The number of fused-ring (bicyclic) bond motifs is 1. The third-order valence-corrected chi connectivity index (χ3v) is 5.25. The minimum atomic E-state index is -0.237. The fourth-order valence-corrected chi connectivity index (χ4v) is 4.20. The van der Waals surface area contributed by atoms with Crippen molar-refractivity contribution in [1.82, 2.24) is 19.1 Å². The first-order valence-electron chi connectivity index (χ1n) is 7.98. The highest BCUT2D eigenvalue weighted by molar-refractivity contribution is 7.99. The molecule has 0 radical (unpaired) electrons. The van der Waals surface area contributed by atoms with Gasteiger partial charge < -0.3 is 4.98 Å². The number of nitrogens with one attached hydrogen (secondary N) is 1. The summed E-state index contributed by atoms with van der Waals surface area (Å²) in [5.41, 5.74) is 0.531. The Hall–Kier alpha value is -1.50. The summed E-state index contributed by atoms with van der Waals surface area (Å²) in [6.07, 6.45) is 2.67. The molecule has 0 spiro atoms. The van der Waals surface area contributed by atoms with Crippen molar-refractivity contribution in [1.29, 1.82) is 0 Å². The second kappa shape index (κ2) is 6.32. The minimum absolute atomic E-state index is 0.236. The van der Waals surface area contributed by atoms with Gasteiger partial charge in [0.25, 0.3) is 5.56 Å². The lowest BCUT2D eigenvalue weighted by Crippen LogP contribution is -2.40. The number of rotatable bonds is 5. The number of imidazole rings is 1. The van der Waals surface area contributed by atoms with Gasteiger partial charge in [-0.1, -0.05) is 13.8 Å². The van der Waals surface area contributed by atoms with E-state index in [9.17, 15) is 9.59 Å². The van der Waals surface area contributed by atoms with E-state index >= 15 is 0 Å². The summed E-state index contributed by atoms with van der Waals surface area (Å²) < 4.78 is 2.98. The van der Waals surface area contributed by atoms with Crippen LogP contribution in [-0.2, 0) is 13.1 Å². The third-order valence-electron chi connectivity index (χ3n) is 4.09. The topological polar surface area (TPSA) is 72.7 Å². The molecule has 22 heavy (non-hydrogen) atoms. The summed E-state index contributed by atoms with van der Waals surface area (Å²) in [6.45, 7) is 5.02. The van der Waals surface area contributed by atoms with Gasteiger partial charge in [0.1, 0.15) is 11.3 Å². The van der Waals surface area contributed by atoms with Gasteiger partial charge in [0, 0.05) is 24.8 Å². The molecule has 1 fully saturated rings. The quantitative estimate of drug-likeness (QED) is 0.913. The van der Waals surface area contributed by atoms with Crippen molar-refractivity contribution in [3.63, 3.8) is 0 Å². The second-order valence-corrected chi connectivity index (χ2v) is 6.92. The highest BCUT2D eigenvalue weighted by Crippen LogP contribution is 2.31. The molecule has 1 saturated heterocycles. The van der Waals surface area contributed by atoms with Crippen LogP contribution in [0, 0.1) is 0 Å². The average Bonchev–Trinajstić information content (AvgIpc) is 3.16. The molecule has 1 atom stereocenters. The van der Waals surface area contributed by atoms with Gasteiger partial charge >= 0.3 is 5.69 Å². The zero-order chi connectivity index (χ0) is 15.7. The molecular weight excluding hydrogens is 300 g/mol. The molecule has 7 heteroatoms. The third kappa shape index (κ3) is 2.51. The predicted octanol–water partition coefficient (Wildman–Crippen LogP) is 1.93. The molecule has 0 saturated carbocycles. The molecule has 1 N–H and O–H groups in total. The first-order chi connectivity index (χ1) is 10.7. The molecule has 120 valence electrons. The van der Waals surface area contributed by atoms with Crippen molar-refractivity contribution in [2.75, 3.05) is 11.5 Å². The highest BCUT2D eigenvalue weighted by atomic mass is 32.2. The Morgan fingerprint density at radius 1 is 1.23 bits per heavy atom. The van der Waals surface area contributed by atoms with Gasteiger partial charge in [0.2, 0.25) is 0 Å². The Labute approximate surface area is 132 Å². The van der Waals surface area contributed by atoms with E-state index < -0.39 is 0 Å². The molecule has 1 aliphatic rings. The van der Waals surface area contributed by atoms with Crippen LogP contribution < -0.4 is 11.2 Å². The molecule has 6 nitrogen and oxygen atoms in total. The van der Waals surface area contributed by atoms with Crippen LogP contribution in [0.5, 0.6) is 0 Å². The fourth-order valence-electron chi connectivity index (χ4n) is 2.97. The highest BCUT2D eigenvalue weighted by Gasteiger charge is 2.23. The average molecular weight is 322 g/mol. The predicted molar refractivity (Wildman–Crippen MR) is 89.9 cm³/mol. The maximum atomic E-state index is 12.6. The van der Waals surface area contributed by atoms with Crippen LogP contribution >= 0.6 is 11.8 Å². The number of hydrogen-bond acceptors (Lipinski definition) is 4. The zero-order valence-corrected chi connectivity index (χ0v) is 13.9. The number of nitrogens with zero attached hydrogens (tertiary/aromatic N) is 3. The zero-order valence-electron chi connectivity index (χ0n) is 13.1. The van der Waals surface area contributed by atoms with Crippen molar-refractivity contribution in [3.05, 3.63) is 26.7 Å². The summed E-state index contributed by atoms with van der Waals surface area (Å²) >= 11 is 1.91. The largest absolute Gasteiger partial charge is 0.336 e. The van der Waals surface area contributed by atoms with Crippen LogP contribution in [0.3, 0.4) is 0 Å². The van der Waals surface area contributed by atoms with Gasteiger partial charge in [0.05, 0.1) is 0 Å². The van der Waals surface area contributed by atoms with E-state index in [0.717, 1.165) is 36.6 Å². The number of hydrogen-bond donors (Lipinski definition) is 1. The minimum Gasteiger partial charge on any atom is -0.336 e. The Morgan fingerprint density at radius 2 is 1.95 bits per heavy atom. The summed E-state index contributed by atoms with van der Waals surface area (Å²) in [5, 5.41) is 0. The molecule has 2 aromatic heterocycles. The molecule has 1 unspecified atom stereocenters. The molecule has 0 amide bonds. The molecular formula is C15H22N4O2S. The lowest BCUT2D eigenvalue weighted by Gasteiger charge is -2.09. The number of H-pyrrole nitrogens is 1. The standard InChI is InChI=1S/C15H22N4O2S/c1-3-6-18-13-11(14(20)19(7-4-2)15(18)21)16-12(17-13)10-5-8-22-9-10/h10H,3-9H2,1-2H3,(H,16,17). The first-order valence-corrected chi connectivity index (χ1v) is 9.13. The molecule has 3 rings (SSSR count). The lowest BCUT2D eigenvalue weighted by atomic mass is 10.1. The van der Waals surface area contributed by atoms with Crippen LogP contribution in [0.1, 0.15) is 44.9 Å². The SMILES string of the molecule is CCCn1c(=O)c2[nH]c(C3CCSC3)nc2n(CCC)c1=O. The van der Waals surface area contributed by atoms with Gasteiger partial charge in [-0.05, 0) is 25.0 Å². The summed E-state index contributed by atoms with van der Waals surface area (Å²) in [6, 6.07) is 0. The van der Waals surface area contributed by atoms with Gasteiger partial charge in [0.15, 0.2) is 5.65 Å². The fraction of sp³-hybridized carbons (Fsp3) is 0.667. The summed E-state index contributed by atoms with van der Waals surface area (Å²) in [4.78, 5) is 33.0. The van der Waals surface area contributed by atoms with E-state index in [-0.39, 0.29) is 11.2 Å². The summed E-state index contributed by atoms with van der Waals surface area (Å²) in [7, 11) is 0. The van der Waals surface area contributed by atoms with Gasteiger partial charge in [-0.2, -0.15) is 11.8 Å². The van der Waals surface area contributed by atoms with Crippen molar-refractivity contribution in [3.8, 4) is 0 Å². The van der Waals surface area contributed by atoms with E-state index in [4.69, 9.17) is 0 Å². The molecule has 0 aliphatic carbocycles. The Kier molecular flexibility index (Phi) is 4.42. The number of aryl methyl sites for hydroxylation is 1. The summed E-state index contributed by atoms with van der Waals surface area (Å²) in [5.74, 6) is 3.38. The van der Waals surface area contributed by atoms with Crippen LogP contribution in [0.25, 0.3) is 11.2 Å². The smallest absolute Gasteiger partial charge is 0.332 e. The lowest BCUT2D eigenvalue weighted by molar-refractivity contribution is 0.555. The molecule has 3 heterocycles. The van der Waals surface area contributed by atoms with Crippen LogP contribution in [0.4, 0.5) is 0 Å². The maximum absolute atomic E-state index is 12.6. The van der Waals surface area contributed by atoms with Crippen molar-refractivity contribution in [2.45, 2.75) is 52.1 Å². The monoisotopic (exact) mass is 322 g/mol. The molecule has 2 aromatic rings. The molecule has 0 aromatic carbocycles. The van der Waals surface area contributed by atoms with Gasteiger partial charge in [-0.15, -0.1) is 0 Å². The molecule has 0 bridgehead atoms. The van der Waals surface area contributed by atoms with Gasteiger partial charge in [-0.25, -0.2) is 9.78 Å². The van der Waals surface area contributed by atoms with E-state index in [1.165, 1.54) is 4.57 Å². The number of aromatic nitrogens is 4. The van der Waals surface area contributed by atoms with Crippen molar-refractivity contribution in [2.24, 2.45) is 0 Å². The maximum Gasteiger partial charge on any atom is 0.332 e. The van der Waals surface area contributed by atoms with Crippen LogP contribution in [0.2, 0.25) is 0 Å². The first kappa shape index (κ1) is 15.4. The second-order valence-electron chi connectivity index (χ2n) is 5.77. The van der Waals surface area contributed by atoms with E-state index in [2.05, 4.69) is 9.97 Å². The van der Waals surface area contributed by atoms with E-state index in [0.29, 0.717) is 30.2 Å². The Bertz CT molecular complexity index is 783. The number of aromatic amines is 1. The van der Waals surface area contributed by atoms with Gasteiger partial charge in [-0.3, -0.25) is 13.9 Å². The molecule has 1 aliphatic heterocycles.